The van der Waals surface area contributed by atoms with E-state index in [-0.39, 0.29) is 11.1 Å². The average Bonchev–Trinajstić information content (AvgIpc) is 2.27. The molecule has 1 heterocycles. The summed E-state index contributed by atoms with van der Waals surface area (Å²) in [7, 11) is 0. The third kappa shape index (κ3) is 2.75. The molecular weight excluding hydrogens is 258 g/mol. The number of halogens is 4. The Balaban J connectivity index is 2.70. The first-order valence-electron chi connectivity index (χ1n) is 5.59. The first kappa shape index (κ1) is 13.5. The van der Waals surface area contributed by atoms with Gasteiger partial charge < -0.3 is 0 Å². The largest absolute Gasteiger partial charge is 0.417 e. The normalized spacial score (nSPS) is 11.7. The highest BCUT2D eigenvalue weighted by Crippen LogP contribution is 2.38. The van der Waals surface area contributed by atoms with Crippen molar-refractivity contribution in [2.24, 2.45) is 0 Å². The fourth-order valence-corrected chi connectivity index (χ4v) is 1.93. The van der Waals surface area contributed by atoms with Gasteiger partial charge in [0.25, 0.3) is 0 Å². The van der Waals surface area contributed by atoms with Crippen molar-refractivity contribution in [1.29, 1.82) is 0 Å². The molecule has 0 amide bonds. The summed E-state index contributed by atoms with van der Waals surface area (Å²) in [5.74, 6) is -0.706. The van der Waals surface area contributed by atoms with Gasteiger partial charge in [-0.1, -0.05) is 17.7 Å². The van der Waals surface area contributed by atoms with E-state index >= 15 is 0 Å². The minimum Gasteiger partial charge on any atom is -0.228 e. The molecule has 0 N–H and O–H groups in total. The minimum absolute atomic E-state index is 0.0255. The lowest BCUT2D eigenvalue weighted by Crippen LogP contribution is -2.08. The highest BCUT2D eigenvalue weighted by Gasteiger charge is 2.33. The third-order valence-electron chi connectivity index (χ3n) is 2.85. The van der Waals surface area contributed by atoms with E-state index in [0.717, 1.165) is 18.3 Å². The molecule has 19 heavy (non-hydrogen) atoms. The molecule has 100 valence electrons. The molecule has 0 saturated heterocycles. The molecule has 1 nitrogen and oxygen atoms in total. The van der Waals surface area contributed by atoms with Gasteiger partial charge in [0.1, 0.15) is 0 Å². The number of hydrogen-bond donors (Lipinski definition) is 0. The molecule has 0 fully saturated rings. The van der Waals surface area contributed by atoms with E-state index in [9.17, 15) is 17.6 Å². The summed E-state index contributed by atoms with van der Waals surface area (Å²) >= 11 is 0. The summed E-state index contributed by atoms with van der Waals surface area (Å²) in [5, 5.41) is 0. The number of nitrogens with zero attached hydrogens (tertiary/aromatic N) is 1. The van der Waals surface area contributed by atoms with Crippen LogP contribution < -0.4 is 0 Å². The van der Waals surface area contributed by atoms with Gasteiger partial charge in [-0.3, -0.25) is 0 Å². The van der Waals surface area contributed by atoms with Gasteiger partial charge in [-0.25, -0.2) is 4.98 Å². The quantitative estimate of drug-likeness (QED) is 0.547. The van der Waals surface area contributed by atoms with Crippen molar-refractivity contribution in [2.45, 2.75) is 20.0 Å². The van der Waals surface area contributed by atoms with Crippen LogP contribution in [0.3, 0.4) is 0 Å². The van der Waals surface area contributed by atoms with Crippen LogP contribution in [0.15, 0.2) is 30.5 Å². The SMILES string of the molecule is Cc1ccc(C(F)(F)F)c(-c2cnc(F)cc2C)c1. The van der Waals surface area contributed by atoms with Crippen LogP contribution in [0.25, 0.3) is 11.1 Å². The maximum atomic E-state index is 13.0. The zero-order valence-corrected chi connectivity index (χ0v) is 10.3. The van der Waals surface area contributed by atoms with Gasteiger partial charge in [-0.2, -0.15) is 17.6 Å². The van der Waals surface area contributed by atoms with Gasteiger partial charge in [0.2, 0.25) is 5.95 Å². The summed E-state index contributed by atoms with van der Waals surface area (Å²) < 4.78 is 51.9. The lowest BCUT2D eigenvalue weighted by molar-refractivity contribution is -0.137. The Bertz CT molecular complexity index is 617. The van der Waals surface area contributed by atoms with Crippen molar-refractivity contribution in [1.82, 2.24) is 4.98 Å². The van der Waals surface area contributed by atoms with Crippen molar-refractivity contribution in [3.05, 3.63) is 53.1 Å². The molecular formula is C14H11F4N. The van der Waals surface area contributed by atoms with Crippen LogP contribution in [0.5, 0.6) is 0 Å². The molecule has 0 aliphatic rings. The van der Waals surface area contributed by atoms with E-state index in [4.69, 9.17) is 0 Å². The summed E-state index contributed by atoms with van der Waals surface area (Å²) in [6, 6.07) is 4.99. The Labute approximate surface area is 107 Å². The van der Waals surface area contributed by atoms with E-state index in [1.54, 1.807) is 13.8 Å². The maximum absolute atomic E-state index is 13.0. The average molecular weight is 269 g/mol. The van der Waals surface area contributed by atoms with Crippen LogP contribution in [0.2, 0.25) is 0 Å². The molecule has 0 unspecified atom stereocenters. The Hall–Kier alpha value is -1.91. The zero-order chi connectivity index (χ0) is 14.2. The minimum atomic E-state index is -4.45. The van der Waals surface area contributed by atoms with Crippen LogP contribution in [0.1, 0.15) is 16.7 Å². The Morgan fingerprint density at radius 1 is 1.00 bits per heavy atom. The van der Waals surface area contributed by atoms with E-state index in [2.05, 4.69) is 4.98 Å². The van der Waals surface area contributed by atoms with Crippen molar-refractivity contribution >= 4 is 0 Å². The Morgan fingerprint density at radius 3 is 2.26 bits per heavy atom. The second kappa shape index (κ2) is 4.64. The van der Waals surface area contributed by atoms with Crippen LogP contribution in [-0.2, 0) is 6.18 Å². The number of hydrogen-bond acceptors (Lipinski definition) is 1. The topological polar surface area (TPSA) is 12.9 Å². The van der Waals surface area contributed by atoms with Gasteiger partial charge in [0.15, 0.2) is 0 Å². The summed E-state index contributed by atoms with van der Waals surface area (Å²) in [4.78, 5) is 3.44. The molecule has 1 aromatic carbocycles. The molecule has 1 aromatic heterocycles. The van der Waals surface area contributed by atoms with E-state index in [1.165, 1.54) is 12.1 Å². The molecule has 0 aliphatic heterocycles. The van der Waals surface area contributed by atoms with Crippen molar-refractivity contribution in [3.8, 4) is 11.1 Å². The predicted octanol–water partition coefficient (Wildman–Crippen LogP) is 4.52. The smallest absolute Gasteiger partial charge is 0.228 e. The van der Waals surface area contributed by atoms with Gasteiger partial charge in [0, 0.05) is 11.8 Å². The summed E-state index contributed by atoms with van der Waals surface area (Å²) in [6.45, 7) is 3.26. The van der Waals surface area contributed by atoms with Gasteiger partial charge in [-0.05, 0) is 37.1 Å². The van der Waals surface area contributed by atoms with Crippen molar-refractivity contribution in [2.75, 3.05) is 0 Å². The van der Waals surface area contributed by atoms with Gasteiger partial charge in [-0.15, -0.1) is 0 Å². The maximum Gasteiger partial charge on any atom is 0.417 e. The Morgan fingerprint density at radius 2 is 1.68 bits per heavy atom. The molecule has 0 bridgehead atoms. The lowest BCUT2D eigenvalue weighted by Gasteiger charge is -2.15. The predicted molar refractivity (Wildman–Crippen MR) is 64.1 cm³/mol. The first-order valence-corrected chi connectivity index (χ1v) is 5.59. The van der Waals surface area contributed by atoms with Gasteiger partial charge in [0.05, 0.1) is 5.56 Å². The second-order valence-corrected chi connectivity index (χ2v) is 4.37. The number of alkyl halides is 3. The molecule has 0 radical (unpaired) electrons. The highest BCUT2D eigenvalue weighted by atomic mass is 19.4. The second-order valence-electron chi connectivity index (χ2n) is 4.37. The van der Waals surface area contributed by atoms with Crippen LogP contribution in [0.4, 0.5) is 17.6 Å². The molecule has 0 spiro atoms. The summed E-state index contributed by atoms with van der Waals surface area (Å²) in [6.07, 6.45) is -3.32. The lowest BCUT2D eigenvalue weighted by atomic mass is 9.95. The number of aromatic nitrogens is 1. The number of pyridine rings is 1. The number of rotatable bonds is 1. The summed E-state index contributed by atoms with van der Waals surface area (Å²) in [5.41, 5.74) is 0.694. The monoisotopic (exact) mass is 269 g/mol. The van der Waals surface area contributed by atoms with E-state index in [0.29, 0.717) is 11.1 Å². The molecule has 0 aliphatic carbocycles. The standard InChI is InChI=1S/C14H11F4N/c1-8-3-4-12(14(16,17)18)10(5-8)11-7-19-13(15)6-9(11)2/h3-7H,1-2H3. The van der Waals surface area contributed by atoms with E-state index < -0.39 is 17.7 Å². The molecule has 0 atom stereocenters. The molecule has 0 saturated carbocycles. The number of aryl methyl sites for hydroxylation is 2. The molecule has 2 rings (SSSR count). The van der Waals surface area contributed by atoms with Crippen LogP contribution in [0, 0.1) is 19.8 Å². The first-order chi connectivity index (χ1) is 8.79. The fourth-order valence-electron chi connectivity index (χ4n) is 1.93. The van der Waals surface area contributed by atoms with Crippen molar-refractivity contribution in [3.63, 3.8) is 0 Å². The van der Waals surface area contributed by atoms with Gasteiger partial charge >= 0.3 is 6.18 Å². The number of benzene rings is 1. The van der Waals surface area contributed by atoms with Crippen molar-refractivity contribution < 1.29 is 17.6 Å². The van der Waals surface area contributed by atoms with Crippen LogP contribution >= 0.6 is 0 Å². The molecule has 5 heteroatoms. The van der Waals surface area contributed by atoms with E-state index in [1.807, 2.05) is 0 Å². The third-order valence-corrected chi connectivity index (χ3v) is 2.85. The fraction of sp³-hybridized carbons (Fsp3) is 0.214. The molecule has 2 aromatic rings. The zero-order valence-electron chi connectivity index (χ0n) is 10.3. The van der Waals surface area contributed by atoms with Crippen LogP contribution in [-0.4, -0.2) is 4.98 Å². The Kier molecular flexibility index (Phi) is 3.30. The highest BCUT2D eigenvalue weighted by molar-refractivity contribution is 5.71.